The third kappa shape index (κ3) is 4.97. The van der Waals surface area contributed by atoms with Crippen molar-refractivity contribution in [2.24, 2.45) is 0 Å². The van der Waals surface area contributed by atoms with Crippen molar-refractivity contribution >= 4 is 48.6 Å². The first-order valence-electron chi connectivity index (χ1n) is 17.6. The summed E-state index contributed by atoms with van der Waals surface area (Å²) in [5.74, 6) is 0.319. The highest BCUT2D eigenvalue weighted by Gasteiger charge is 2.36. The molecule has 0 unspecified atom stereocenters. The minimum atomic E-state index is -0.0836. The second-order valence-electron chi connectivity index (χ2n) is 14.4. The van der Waals surface area contributed by atoms with E-state index in [2.05, 4.69) is 190 Å². The maximum absolute atomic E-state index is 2.50. The van der Waals surface area contributed by atoms with Crippen molar-refractivity contribution in [2.45, 2.75) is 39.0 Å². The average Bonchev–Trinajstić information content (AvgIpc) is 3.63. The van der Waals surface area contributed by atoms with Gasteiger partial charge in [0.25, 0.3) is 0 Å². The molecule has 1 aliphatic carbocycles. The van der Waals surface area contributed by atoms with Crippen molar-refractivity contribution in [2.75, 3.05) is 4.90 Å². The summed E-state index contributed by atoms with van der Waals surface area (Å²) in [4.78, 5) is 2.50. The van der Waals surface area contributed by atoms with Gasteiger partial charge in [-0.15, -0.1) is 11.3 Å². The van der Waals surface area contributed by atoms with E-state index in [0.717, 1.165) is 0 Å². The van der Waals surface area contributed by atoms with Crippen molar-refractivity contribution in [1.82, 2.24) is 0 Å². The van der Waals surface area contributed by atoms with Gasteiger partial charge < -0.3 is 4.90 Å². The molecule has 242 valence electrons. The van der Waals surface area contributed by atoms with Gasteiger partial charge in [-0.1, -0.05) is 143 Å². The summed E-state index contributed by atoms with van der Waals surface area (Å²) in [5.41, 5.74) is 15.2. The quantitative estimate of drug-likeness (QED) is 0.171. The molecule has 1 aliphatic rings. The lowest BCUT2D eigenvalue weighted by Gasteiger charge is -2.31. The first-order valence-corrected chi connectivity index (χ1v) is 18.4. The Morgan fingerprint density at radius 1 is 0.480 bits per heavy atom. The van der Waals surface area contributed by atoms with Crippen LogP contribution in [0.3, 0.4) is 0 Å². The van der Waals surface area contributed by atoms with Crippen LogP contribution in [0, 0.1) is 0 Å². The lowest BCUT2D eigenvalue weighted by molar-refractivity contribution is 0.660. The Bertz CT molecular complexity index is 2540. The third-order valence-electron chi connectivity index (χ3n) is 10.7. The maximum Gasteiger partial charge on any atom is 0.0496 e. The molecule has 2 heteroatoms. The third-order valence-corrected chi connectivity index (χ3v) is 11.8. The van der Waals surface area contributed by atoms with E-state index in [9.17, 15) is 0 Å². The Kier molecular flexibility index (Phi) is 7.26. The number of rotatable bonds is 6. The molecule has 9 rings (SSSR count). The highest BCUT2D eigenvalue weighted by molar-refractivity contribution is 7.25. The lowest BCUT2D eigenvalue weighted by atomic mass is 9.82. The fraction of sp³-hybridized carbons (Fsp3) is 0.125. The normalized spacial score (nSPS) is 13.1. The Morgan fingerprint density at radius 3 is 1.88 bits per heavy atom. The van der Waals surface area contributed by atoms with Gasteiger partial charge in [-0.3, -0.25) is 0 Å². The summed E-state index contributed by atoms with van der Waals surface area (Å²) < 4.78 is 2.64. The van der Waals surface area contributed by atoms with E-state index >= 15 is 0 Å². The number of nitrogens with zero attached hydrogens (tertiary/aromatic N) is 1. The second kappa shape index (κ2) is 11.9. The molecule has 0 spiro atoms. The van der Waals surface area contributed by atoms with Crippen LogP contribution in [-0.4, -0.2) is 0 Å². The van der Waals surface area contributed by atoms with Crippen LogP contribution in [0.15, 0.2) is 158 Å². The highest BCUT2D eigenvalue weighted by atomic mass is 32.1. The van der Waals surface area contributed by atoms with E-state index in [1.54, 1.807) is 0 Å². The standard InChI is InChI=1S/C48H39NS/c1-31(2)42-28-35(34-20-18-33(19-21-34)32-12-6-5-7-13-32)22-27-45(42)49(37-24-26-41-40-15-9-11-17-46(40)50-47(41)30-37)36-23-25-39-38-14-8-10-16-43(38)48(3,4)44(39)29-36/h5-31H,1-4H3. The molecule has 0 N–H and O–H groups in total. The molecule has 0 amide bonds. The Balaban J connectivity index is 1.20. The number of hydrogen-bond donors (Lipinski definition) is 0. The number of anilines is 3. The number of thiophene rings is 1. The first kappa shape index (κ1) is 30.6. The zero-order chi connectivity index (χ0) is 34.0. The summed E-state index contributed by atoms with van der Waals surface area (Å²) in [6.45, 7) is 9.37. The van der Waals surface area contributed by atoms with Crippen LogP contribution < -0.4 is 4.90 Å². The second-order valence-corrected chi connectivity index (χ2v) is 15.5. The van der Waals surface area contributed by atoms with E-state index < -0.39 is 0 Å². The fourth-order valence-corrected chi connectivity index (χ4v) is 9.14. The minimum absolute atomic E-state index is 0.0836. The molecular formula is C48H39NS. The van der Waals surface area contributed by atoms with Gasteiger partial charge in [0.05, 0.1) is 0 Å². The summed E-state index contributed by atoms with van der Waals surface area (Å²) in [6, 6.07) is 58.5. The van der Waals surface area contributed by atoms with Crippen LogP contribution in [0.25, 0.3) is 53.6 Å². The van der Waals surface area contributed by atoms with Gasteiger partial charge in [-0.25, -0.2) is 0 Å². The van der Waals surface area contributed by atoms with Gasteiger partial charge in [0.2, 0.25) is 0 Å². The molecule has 1 nitrogen and oxygen atoms in total. The van der Waals surface area contributed by atoms with E-state index in [4.69, 9.17) is 0 Å². The van der Waals surface area contributed by atoms with Gasteiger partial charge in [-0.2, -0.15) is 0 Å². The Morgan fingerprint density at radius 2 is 1.08 bits per heavy atom. The molecule has 0 radical (unpaired) electrons. The maximum atomic E-state index is 2.50. The van der Waals surface area contributed by atoms with Gasteiger partial charge in [0, 0.05) is 42.6 Å². The van der Waals surface area contributed by atoms with Gasteiger partial charge >= 0.3 is 0 Å². The average molecular weight is 662 g/mol. The van der Waals surface area contributed by atoms with Crippen LogP contribution in [0.1, 0.15) is 50.3 Å². The number of benzene rings is 7. The Hall–Kier alpha value is -5.44. The summed E-state index contributed by atoms with van der Waals surface area (Å²) >= 11 is 1.88. The summed E-state index contributed by atoms with van der Waals surface area (Å²) in [7, 11) is 0. The smallest absolute Gasteiger partial charge is 0.0496 e. The van der Waals surface area contributed by atoms with Crippen LogP contribution in [-0.2, 0) is 5.41 Å². The van der Waals surface area contributed by atoms with E-state index in [1.165, 1.54) is 87.3 Å². The topological polar surface area (TPSA) is 3.24 Å². The zero-order valence-corrected chi connectivity index (χ0v) is 29.8. The fourth-order valence-electron chi connectivity index (χ4n) is 8.00. The zero-order valence-electron chi connectivity index (χ0n) is 28.9. The monoisotopic (exact) mass is 661 g/mol. The SMILES string of the molecule is CC(C)c1cc(-c2ccc(-c3ccccc3)cc2)ccc1N(c1ccc2c(c1)C(C)(C)c1ccccc1-2)c1ccc2c(c1)sc1ccccc12. The molecule has 0 saturated carbocycles. The van der Waals surface area contributed by atoms with Crippen LogP contribution >= 0.6 is 11.3 Å². The molecule has 8 aromatic rings. The molecule has 50 heavy (non-hydrogen) atoms. The number of hydrogen-bond acceptors (Lipinski definition) is 2. The molecular weight excluding hydrogens is 623 g/mol. The van der Waals surface area contributed by atoms with Crippen LogP contribution in [0.4, 0.5) is 17.1 Å². The molecule has 0 atom stereocenters. The van der Waals surface area contributed by atoms with E-state index in [1.807, 2.05) is 11.3 Å². The van der Waals surface area contributed by atoms with Crippen LogP contribution in [0.2, 0.25) is 0 Å². The van der Waals surface area contributed by atoms with Crippen molar-refractivity contribution < 1.29 is 0 Å². The lowest BCUT2D eigenvalue weighted by Crippen LogP contribution is -2.17. The predicted molar refractivity (Wildman–Crippen MR) is 217 cm³/mol. The molecule has 0 bridgehead atoms. The van der Waals surface area contributed by atoms with Crippen molar-refractivity contribution in [3.8, 4) is 33.4 Å². The molecule has 1 aromatic heterocycles. The molecule has 0 saturated heterocycles. The molecule has 1 heterocycles. The number of fused-ring (bicyclic) bond motifs is 6. The predicted octanol–water partition coefficient (Wildman–Crippen LogP) is 14.3. The van der Waals surface area contributed by atoms with Crippen molar-refractivity contribution in [3.05, 3.63) is 174 Å². The van der Waals surface area contributed by atoms with E-state index in [0.29, 0.717) is 5.92 Å². The largest absolute Gasteiger partial charge is 0.310 e. The van der Waals surface area contributed by atoms with Gasteiger partial charge in [0.15, 0.2) is 0 Å². The van der Waals surface area contributed by atoms with Crippen LogP contribution in [0.5, 0.6) is 0 Å². The summed E-state index contributed by atoms with van der Waals surface area (Å²) in [6.07, 6.45) is 0. The van der Waals surface area contributed by atoms with Crippen molar-refractivity contribution in [1.29, 1.82) is 0 Å². The Labute approximate surface area is 299 Å². The molecule has 7 aromatic carbocycles. The minimum Gasteiger partial charge on any atom is -0.310 e. The molecule has 0 fully saturated rings. The van der Waals surface area contributed by atoms with Gasteiger partial charge in [-0.05, 0) is 98.5 Å². The van der Waals surface area contributed by atoms with Crippen molar-refractivity contribution in [3.63, 3.8) is 0 Å². The van der Waals surface area contributed by atoms with E-state index in [-0.39, 0.29) is 5.41 Å². The van der Waals surface area contributed by atoms with Gasteiger partial charge in [0.1, 0.15) is 0 Å². The summed E-state index contributed by atoms with van der Waals surface area (Å²) in [5, 5.41) is 2.64. The molecule has 0 aliphatic heterocycles. The highest BCUT2D eigenvalue weighted by Crippen LogP contribution is 2.51. The first-order chi connectivity index (χ1) is 24.4.